The third kappa shape index (κ3) is 3.61. The monoisotopic (exact) mass is 280 g/mol. The van der Waals surface area contributed by atoms with Gasteiger partial charge in [-0.25, -0.2) is 4.98 Å². The third-order valence-electron chi connectivity index (χ3n) is 4.88. The molecule has 2 unspecified atom stereocenters. The molecule has 1 aromatic heterocycles. The first kappa shape index (κ1) is 17.2. The molecule has 4 nitrogen and oxygen atoms in total. The molecule has 0 aliphatic heterocycles. The Morgan fingerprint density at radius 2 is 2.00 bits per heavy atom. The predicted octanol–water partition coefficient (Wildman–Crippen LogP) is 2.45. The summed E-state index contributed by atoms with van der Waals surface area (Å²) in [7, 11) is 4.15. The normalized spacial score (nSPS) is 16.4. The summed E-state index contributed by atoms with van der Waals surface area (Å²) < 4.78 is 2.12. The maximum atomic E-state index is 4.44. The Bertz CT molecular complexity index is 384. The molecule has 0 aliphatic carbocycles. The van der Waals surface area contributed by atoms with E-state index in [4.69, 9.17) is 0 Å². The second-order valence-electron chi connectivity index (χ2n) is 5.72. The molecule has 0 fully saturated rings. The van der Waals surface area contributed by atoms with Gasteiger partial charge in [-0.1, -0.05) is 20.8 Å². The minimum atomic E-state index is 0.198. The number of imidazole rings is 1. The topological polar surface area (TPSA) is 33.1 Å². The van der Waals surface area contributed by atoms with Crippen molar-refractivity contribution in [2.75, 3.05) is 20.1 Å². The molecule has 116 valence electrons. The summed E-state index contributed by atoms with van der Waals surface area (Å²) in [6.07, 6.45) is 7.19. The Hall–Kier alpha value is -0.870. The van der Waals surface area contributed by atoms with Crippen LogP contribution in [0.25, 0.3) is 0 Å². The first-order valence-electron chi connectivity index (χ1n) is 7.91. The lowest BCUT2D eigenvalue weighted by Crippen LogP contribution is -2.58. The Labute approximate surface area is 124 Å². The summed E-state index contributed by atoms with van der Waals surface area (Å²) in [6, 6.07) is 0.476. The van der Waals surface area contributed by atoms with Crippen LogP contribution in [0, 0.1) is 0 Å². The maximum Gasteiger partial charge on any atom is 0.108 e. The van der Waals surface area contributed by atoms with E-state index in [1.807, 2.05) is 12.4 Å². The molecule has 4 heteroatoms. The van der Waals surface area contributed by atoms with Crippen molar-refractivity contribution in [2.24, 2.45) is 7.05 Å². The molecule has 0 aromatic carbocycles. The molecule has 20 heavy (non-hydrogen) atoms. The maximum absolute atomic E-state index is 4.44. The zero-order chi connectivity index (χ0) is 15.2. The van der Waals surface area contributed by atoms with Crippen LogP contribution in [0.3, 0.4) is 0 Å². The van der Waals surface area contributed by atoms with Crippen LogP contribution in [0.4, 0.5) is 0 Å². The van der Waals surface area contributed by atoms with Gasteiger partial charge in [-0.3, -0.25) is 4.90 Å². The molecule has 0 radical (unpaired) electrons. The molecule has 0 aliphatic rings. The number of likely N-dealkylation sites (N-methyl/N-ethyl adjacent to an activating group) is 2. The minimum Gasteiger partial charge on any atom is -0.338 e. The van der Waals surface area contributed by atoms with Gasteiger partial charge in [-0.05, 0) is 39.9 Å². The van der Waals surface area contributed by atoms with Gasteiger partial charge in [0, 0.05) is 37.4 Å². The number of hydrogen-bond donors (Lipinski definition) is 1. The minimum absolute atomic E-state index is 0.198. The zero-order valence-corrected chi connectivity index (χ0v) is 14.1. The second-order valence-corrected chi connectivity index (χ2v) is 5.72. The van der Waals surface area contributed by atoms with Crippen molar-refractivity contribution in [1.29, 1.82) is 0 Å². The van der Waals surface area contributed by atoms with E-state index >= 15 is 0 Å². The van der Waals surface area contributed by atoms with E-state index in [0.717, 1.165) is 32.4 Å². The molecule has 0 saturated carbocycles. The quantitative estimate of drug-likeness (QED) is 0.754. The average Bonchev–Trinajstić information content (AvgIpc) is 2.86. The van der Waals surface area contributed by atoms with Crippen LogP contribution in [0.2, 0.25) is 0 Å². The molecule has 1 N–H and O–H groups in total. The van der Waals surface area contributed by atoms with Crippen LogP contribution in [-0.4, -0.2) is 46.2 Å². The Morgan fingerprint density at radius 1 is 1.35 bits per heavy atom. The number of aryl methyl sites for hydroxylation is 2. The van der Waals surface area contributed by atoms with Crippen molar-refractivity contribution in [1.82, 2.24) is 19.8 Å². The molecule has 0 spiro atoms. The highest BCUT2D eigenvalue weighted by molar-refractivity contribution is 4.99. The van der Waals surface area contributed by atoms with E-state index in [1.54, 1.807) is 0 Å². The Balaban J connectivity index is 2.79. The summed E-state index contributed by atoms with van der Waals surface area (Å²) in [5.41, 5.74) is 0.198. The molecule has 0 bridgehead atoms. The van der Waals surface area contributed by atoms with E-state index in [0.29, 0.717) is 6.04 Å². The smallest absolute Gasteiger partial charge is 0.108 e. The lowest BCUT2D eigenvalue weighted by molar-refractivity contribution is 0.0695. The summed E-state index contributed by atoms with van der Waals surface area (Å²) in [4.78, 5) is 7.01. The predicted molar refractivity (Wildman–Crippen MR) is 86.0 cm³/mol. The number of rotatable bonds is 9. The van der Waals surface area contributed by atoms with Gasteiger partial charge in [-0.15, -0.1) is 0 Å². The van der Waals surface area contributed by atoms with Crippen molar-refractivity contribution in [3.8, 4) is 0 Å². The average molecular weight is 280 g/mol. The highest BCUT2D eigenvalue weighted by Gasteiger charge is 2.35. The third-order valence-corrected chi connectivity index (χ3v) is 4.88. The Morgan fingerprint density at radius 3 is 2.40 bits per heavy atom. The number of hydrogen-bond acceptors (Lipinski definition) is 3. The first-order chi connectivity index (χ1) is 9.53. The summed E-state index contributed by atoms with van der Waals surface area (Å²) in [5, 5.41) is 3.55. The summed E-state index contributed by atoms with van der Waals surface area (Å²) in [5.74, 6) is 1.17. The zero-order valence-electron chi connectivity index (χ0n) is 14.1. The number of nitrogens with one attached hydrogen (secondary N) is 1. The first-order valence-corrected chi connectivity index (χ1v) is 7.91. The summed E-state index contributed by atoms with van der Waals surface area (Å²) >= 11 is 0. The molecule has 1 rings (SSSR count). The van der Waals surface area contributed by atoms with E-state index < -0.39 is 0 Å². The SMILES string of the molecule is CCN(CC)C(C)(CC)C(CCc1nccn1C)NC. The molecule has 2 atom stereocenters. The van der Waals surface area contributed by atoms with E-state index in [-0.39, 0.29) is 5.54 Å². The van der Waals surface area contributed by atoms with E-state index in [2.05, 4.69) is 61.6 Å². The largest absolute Gasteiger partial charge is 0.338 e. The van der Waals surface area contributed by atoms with Gasteiger partial charge in [0.15, 0.2) is 0 Å². The highest BCUT2D eigenvalue weighted by Crippen LogP contribution is 2.26. The fraction of sp³-hybridized carbons (Fsp3) is 0.812. The van der Waals surface area contributed by atoms with E-state index in [9.17, 15) is 0 Å². The van der Waals surface area contributed by atoms with Crippen molar-refractivity contribution >= 4 is 0 Å². The highest BCUT2D eigenvalue weighted by atomic mass is 15.2. The van der Waals surface area contributed by atoms with Crippen molar-refractivity contribution < 1.29 is 0 Å². The van der Waals surface area contributed by atoms with Crippen LogP contribution in [-0.2, 0) is 13.5 Å². The number of nitrogens with zero attached hydrogens (tertiary/aromatic N) is 3. The fourth-order valence-corrected chi connectivity index (χ4v) is 3.31. The van der Waals surface area contributed by atoms with Crippen LogP contribution >= 0.6 is 0 Å². The van der Waals surface area contributed by atoms with Crippen LogP contribution in [0.15, 0.2) is 12.4 Å². The molecular weight excluding hydrogens is 248 g/mol. The van der Waals surface area contributed by atoms with Gasteiger partial charge in [0.05, 0.1) is 0 Å². The number of aromatic nitrogens is 2. The fourth-order valence-electron chi connectivity index (χ4n) is 3.31. The molecule has 0 amide bonds. The van der Waals surface area contributed by atoms with Gasteiger partial charge in [0.25, 0.3) is 0 Å². The second kappa shape index (κ2) is 7.79. The molecular formula is C16H32N4. The van der Waals surface area contributed by atoms with Crippen LogP contribution < -0.4 is 5.32 Å². The van der Waals surface area contributed by atoms with Crippen LogP contribution in [0.5, 0.6) is 0 Å². The van der Waals surface area contributed by atoms with Gasteiger partial charge in [0.1, 0.15) is 5.82 Å². The lowest BCUT2D eigenvalue weighted by Gasteiger charge is -2.45. The van der Waals surface area contributed by atoms with Gasteiger partial charge in [0.2, 0.25) is 0 Å². The van der Waals surface area contributed by atoms with Crippen molar-refractivity contribution in [3.63, 3.8) is 0 Å². The molecule has 1 heterocycles. The van der Waals surface area contributed by atoms with Gasteiger partial charge < -0.3 is 9.88 Å². The lowest BCUT2D eigenvalue weighted by atomic mass is 9.84. The van der Waals surface area contributed by atoms with Crippen molar-refractivity contribution in [3.05, 3.63) is 18.2 Å². The van der Waals surface area contributed by atoms with Gasteiger partial charge >= 0.3 is 0 Å². The van der Waals surface area contributed by atoms with E-state index in [1.165, 1.54) is 5.82 Å². The van der Waals surface area contributed by atoms with Gasteiger partial charge in [-0.2, -0.15) is 0 Å². The summed E-state index contributed by atoms with van der Waals surface area (Å²) in [6.45, 7) is 11.4. The molecule has 1 aromatic rings. The standard InChI is InChI=1S/C16H32N4/c1-7-16(4,20(8-2)9-3)14(17-5)10-11-15-18-12-13-19(15)6/h12-14,17H,7-11H2,1-6H3. The Kier molecular flexibility index (Phi) is 6.69. The van der Waals surface area contributed by atoms with Crippen LogP contribution in [0.1, 0.15) is 46.4 Å². The molecule has 0 saturated heterocycles. The van der Waals surface area contributed by atoms with Crippen molar-refractivity contribution in [2.45, 2.75) is 58.5 Å².